The molecule has 30 heavy (non-hydrogen) atoms. The van der Waals surface area contributed by atoms with Crippen LogP contribution in [0.5, 0.6) is 0 Å². The first-order valence-corrected chi connectivity index (χ1v) is 11.0. The van der Waals surface area contributed by atoms with E-state index in [9.17, 15) is 4.79 Å². The van der Waals surface area contributed by atoms with Crippen LogP contribution in [0.25, 0.3) is 20.9 Å². The maximum atomic E-state index is 13.1. The van der Waals surface area contributed by atoms with Gasteiger partial charge in [0, 0.05) is 31.1 Å². The smallest absolute Gasteiger partial charge is 0.254 e. The maximum Gasteiger partial charge on any atom is 0.254 e. The number of hydrogen-bond acceptors (Lipinski definition) is 5. The van der Waals surface area contributed by atoms with Crippen molar-refractivity contribution in [3.8, 4) is 10.7 Å². The summed E-state index contributed by atoms with van der Waals surface area (Å²) in [7, 11) is 1.95. The van der Waals surface area contributed by atoms with E-state index >= 15 is 0 Å². The van der Waals surface area contributed by atoms with Crippen molar-refractivity contribution >= 4 is 50.7 Å². The first-order chi connectivity index (χ1) is 14.3. The van der Waals surface area contributed by atoms with Gasteiger partial charge in [-0.05, 0) is 38.1 Å². The molecule has 0 bridgehead atoms. The number of carbonyl (C=O) groups excluding carboxylic acids is 1. The molecule has 1 unspecified atom stereocenters. The second kappa shape index (κ2) is 7.08. The van der Waals surface area contributed by atoms with E-state index in [4.69, 9.17) is 23.2 Å². The summed E-state index contributed by atoms with van der Waals surface area (Å²) in [4.78, 5) is 17.0. The summed E-state index contributed by atoms with van der Waals surface area (Å²) in [5, 5.41) is 15.3. The van der Waals surface area contributed by atoms with Gasteiger partial charge >= 0.3 is 0 Å². The summed E-state index contributed by atoms with van der Waals surface area (Å²) in [6.07, 6.45) is 0. The summed E-state index contributed by atoms with van der Waals surface area (Å²) < 4.78 is 4.00. The molecule has 1 atom stereocenters. The molecule has 0 fully saturated rings. The molecule has 1 amide bonds. The van der Waals surface area contributed by atoms with E-state index in [1.54, 1.807) is 34.4 Å². The molecule has 4 heterocycles. The lowest BCUT2D eigenvalue weighted by Crippen LogP contribution is -2.41. The fraction of sp³-hybridized carbons (Fsp3) is 0.300. The molecule has 1 aliphatic heterocycles. The van der Waals surface area contributed by atoms with Crippen LogP contribution in [0.4, 0.5) is 0 Å². The van der Waals surface area contributed by atoms with Crippen molar-refractivity contribution in [3.05, 3.63) is 51.4 Å². The predicted molar refractivity (Wildman–Crippen MR) is 118 cm³/mol. The molecular weight excluding hydrogens is 443 g/mol. The van der Waals surface area contributed by atoms with Gasteiger partial charge in [-0.15, -0.1) is 21.5 Å². The lowest BCUT2D eigenvalue weighted by molar-refractivity contribution is 0.0638. The zero-order chi connectivity index (χ0) is 21.2. The third kappa shape index (κ3) is 2.93. The molecule has 0 radical (unpaired) electrons. The van der Waals surface area contributed by atoms with Gasteiger partial charge in [-0.25, -0.2) is 0 Å². The molecule has 0 aliphatic carbocycles. The number of amides is 1. The van der Waals surface area contributed by atoms with Gasteiger partial charge in [-0.3, -0.25) is 9.48 Å². The predicted octanol–water partition coefficient (Wildman–Crippen LogP) is 4.73. The number of rotatable bonds is 2. The Morgan fingerprint density at radius 1 is 1.17 bits per heavy atom. The SMILES string of the molecule is Cc1nn(C)c2sc(-c3nnc4n3CCN(C(=O)c3ccc(Cl)c(Cl)c3)C4C)cc12. The summed E-state index contributed by atoms with van der Waals surface area (Å²) in [5.41, 5.74) is 1.51. The van der Waals surface area contributed by atoms with E-state index in [0.29, 0.717) is 28.7 Å². The molecule has 0 spiro atoms. The third-order valence-corrected chi connectivity index (χ3v) is 7.47. The van der Waals surface area contributed by atoms with Gasteiger partial charge in [0.05, 0.1) is 26.7 Å². The fourth-order valence-corrected chi connectivity index (χ4v) is 5.37. The topological polar surface area (TPSA) is 68.8 Å². The first-order valence-electron chi connectivity index (χ1n) is 9.47. The molecule has 0 N–H and O–H groups in total. The van der Waals surface area contributed by atoms with Gasteiger partial charge in [0.15, 0.2) is 11.6 Å². The Kier molecular flexibility index (Phi) is 4.61. The molecule has 4 aromatic rings. The maximum absolute atomic E-state index is 13.1. The highest BCUT2D eigenvalue weighted by atomic mass is 35.5. The Morgan fingerprint density at radius 2 is 1.97 bits per heavy atom. The van der Waals surface area contributed by atoms with Gasteiger partial charge in [-0.1, -0.05) is 23.2 Å². The molecule has 1 aliphatic rings. The average Bonchev–Trinajstić information content (AvgIpc) is 3.40. The van der Waals surface area contributed by atoms with Crippen molar-refractivity contribution < 1.29 is 4.79 Å². The van der Waals surface area contributed by atoms with Crippen LogP contribution in [0, 0.1) is 6.92 Å². The molecule has 0 saturated heterocycles. The second-order valence-electron chi connectivity index (χ2n) is 7.38. The highest BCUT2D eigenvalue weighted by molar-refractivity contribution is 7.21. The molecule has 10 heteroatoms. The van der Waals surface area contributed by atoms with Crippen LogP contribution in [0.1, 0.15) is 34.8 Å². The number of benzene rings is 1. The van der Waals surface area contributed by atoms with Crippen LogP contribution >= 0.6 is 34.5 Å². The normalized spacial score (nSPS) is 16.3. The Labute approximate surface area is 186 Å². The van der Waals surface area contributed by atoms with E-state index in [1.807, 2.05) is 25.6 Å². The Morgan fingerprint density at radius 3 is 2.70 bits per heavy atom. The van der Waals surface area contributed by atoms with Gasteiger partial charge in [0.1, 0.15) is 4.83 Å². The third-order valence-electron chi connectivity index (χ3n) is 5.53. The Balaban J connectivity index is 1.48. The largest absolute Gasteiger partial charge is 0.327 e. The zero-order valence-electron chi connectivity index (χ0n) is 16.6. The van der Waals surface area contributed by atoms with Crippen molar-refractivity contribution in [3.63, 3.8) is 0 Å². The van der Waals surface area contributed by atoms with Crippen molar-refractivity contribution in [2.75, 3.05) is 6.54 Å². The number of thiophene rings is 1. The van der Waals surface area contributed by atoms with E-state index in [2.05, 4.69) is 25.9 Å². The summed E-state index contributed by atoms with van der Waals surface area (Å²) in [5.74, 6) is 1.51. The van der Waals surface area contributed by atoms with Gasteiger partial charge in [0.25, 0.3) is 5.91 Å². The van der Waals surface area contributed by atoms with Crippen LogP contribution in [0.2, 0.25) is 10.0 Å². The van der Waals surface area contributed by atoms with Crippen molar-refractivity contribution in [1.29, 1.82) is 0 Å². The van der Waals surface area contributed by atoms with Crippen LogP contribution in [-0.4, -0.2) is 41.9 Å². The van der Waals surface area contributed by atoms with Crippen molar-refractivity contribution in [1.82, 2.24) is 29.4 Å². The summed E-state index contributed by atoms with van der Waals surface area (Å²) >= 11 is 13.7. The van der Waals surface area contributed by atoms with Crippen LogP contribution in [0.15, 0.2) is 24.3 Å². The molecular formula is C20H18Cl2N6OS. The summed E-state index contributed by atoms with van der Waals surface area (Å²) in [6, 6.07) is 6.86. The van der Waals surface area contributed by atoms with Crippen molar-refractivity contribution in [2.24, 2.45) is 7.05 Å². The molecule has 0 saturated carbocycles. The molecule has 7 nitrogen and oxygen atoms in total. The average molecular weight is 461 g/mol. The standard InChI is InChI=1S/C20H18Cl2N6OS/c1-10-13-9-16(30-20(13)26(3)25-10)18-24-23-17-11(2)27(6-7-28(17)18)19(29)12-4-5-14(21)15(22)8-12/h4-5,8-9,11H,6-7H2,1-3H3. The van der Waals surface area contributed by atoms with Crippen LogP contribution in [0.3, 0.4) is 0 Å². The Hall–Kier alpha value is -2.42. The molecule has 154 valence electrons. The number of carbonyl (C=O) groups is 1. The van der Waals surface area contributed by atoms with Crippen LogP contribution in [-0.2, 0) is 13.6 Å². The molecule has 3 aromatic heterocycles. The molecule has 1 aromatic carbocycles. The minimum atomic E-state index is -0.209. The van der Waals surface area contributed by atoms with Gasteiger partial charge < -0.3 is 9.47 Å². The quantitative estimate of drug-likeness (QED) is 0.433. The fourth-order valence-electron chi connectivity index (χ4n) is 3.96. The zero-order valence-corrected chi connectivity index (χ0v) is 18.9. The van der Waals surface area contributed by atoms with E-state index in [-0.39, 0.29) is 11.9 Å². The minimum absolute atomic E-state index is 0.0968. The molecule has 5 rings (SSSR count). The van der Waals surface area contributed by atoms with E-state index in [1.165, 1.54) is 0 Å². The van der Waals surface area contributed by atoms with Crippen LogP contribution < -0.4 is 0 Å². The lowest BCUT2D eigenvalue weighted by Gasteiger charge is -2.33. The Bertz CT molecular complexity index is 1270. The second-order valence-corrected chi connectivity index (χ2v) is 9.22. The van der Waals surface area contributed by atoms with Gasteiger partial charge in [-0.2, -0.15) is 5.10 Å². The highest BCUT2D eigenvalue weighted by Crippen LogP contribution is 2.36. The number of hydrogen-bond donors (Lipinski definition) is 0. The monoisotopic (exact) mass is 460 g/mol. The van der Waals surface area contributed by atoms with E-state index < -0.39 is 0 Å². The minimum Gasteiger partial charge on any atom is -0.327 e. The lowest BCUT2D eigenvalue weighted by atomic mass is 10.1. The van der Waals surface area contributed by atoms with E-state index in [0.717, 1.165) is 32.4 Å². The first kappa shape index (κ1) is 19.5. The summed E-state index contributed by atoms with van der Waals surface area (Å²) in [6.45, 7) is 5.16. The number of aryl methyl sites for hydroxylation is 2. The highest BCUT2D eigenvalue weighted by Gasteiger charge is 2.32. The number of aromatic nitrogens is 5. The number of fused-ring (bicyclic) bond motifs is 2. The number of halogens is 2. The number of nitrogens with zero attached hydrogens (tertiary/aromatic N) is 6. The van der Waals surface area contributed by atoms with Gasteiger partial charge in [0.2, 0.25) is 0 Å². The van der Waals surface area contributed by atoms with Crippen molar-refractivity contribution in [2.45, 2.75) is 26.4 Å².